The van der Waals surface area contributed by atoms with Gasteiger partial charge in [0.05, 0.1) is 0 Å². The molecule has 0 bridgehead atoms. The minimum Gasteiger partial charge on any atom is -0.367 e. The van der Waals surface area contributed by atoms with E-state index in [-0.39, 0.29) is 5.91 Å². The molecule has 0 spiro atoms. The molecule has 1 aliphatic heterocycles. The molecule has 1 fully saturated rings. The highest BCUT2D eigenvalue weighted by Gasteiger charge is 2.49. The highest BCUT2D eigenvalue weighted by Crippen LogP contribution is 2.21. The van der Waals surface area contributed by atoms with Crippen LogP contribution >= 0.6 is 0 Å². The van der Waals surface area contributed by atoms with Gasteiger partial charge in [-0.15, -0.1) is 0 Å². The van der Waals surface area contributed by atoms with Crippen molar-refractivity contribution in [1.29, 1.82) is 0 Å². The van der Waals surface area contributed by atoms with Crippen LogP contribution in [0.1, 0.15) is 32.6 Å². The van der Waals surface area contributed by atoms with Gasteiger partial charge in [0.2, 0.25) is 5.91 Å². The predicted octanol–water partition coefficient (Wildman–Crippen LogP) is -0.0644. The van der Waals surface area contributed by atoms with Crippen LogP contribution < -0.4 is 11.1 Å². The van der Waals surface area contributed by atoms with Crippen molar-refractivity contribution >= 4 is 11.8 Å². The molecule has 2 unspecified atom stereocenters. The lowest BCUT2D eigenvalue weighted by molar-refractivity contribution is -0.123. The summed E-state index contributed by atoms with van der Waals surface area (Å²) in [7, 11) is 0. The average Bonchev–Trinajstić information content (AvgIpc) is 2.96. The van der Waals surface area contributed by atoms with Gasteiger partial charge >= 0.3 is 0 Å². The number of ether oxygens (including phenoxy) is 1. The Morgan fingerprint density at radius 3 is 2.53 bits per heavy atom. The molecule has 15 heavy (non-hydrogen) atoms. The fourth-order valence-corrected chi connectivity index (χ4v) is 1.39. The zero-order valence-corrected chi connectivity index (χ0v) is 8.99. The second kappa shape index (κ2) is 5.70. The molecule has 0 radical (unpaired) electrons. The standard InChI is InChI=1S/C10H18N2O3/c1-2-3-4-5-6-12-10(14)8-7(15-8)9(11)13/h7-8H,2-6H2,1H3,(H2,11,13)(H,12,14). The first-order valence-electron chi connectivity index (χ1n) is 5.39. The van der Waals surface area contributed by atoms with Gasteiger partial charge in [-0.1, -0.05) is 26.2 Å². The largest absolute Gasteiger partial charge is 0.367 e. The first-order chi connectivity index (χ1) is 7.16. The van der Waals surface area contributed by atoms with Crippen molar-refractivity contribution in [2.45, 2.75) is 44.8 Å². The Labute approximate surface area is 89.3 Å². The van der Waals surface area contributed by atoms with Gasteiger partial charge in [0, 0.05) is 6.54 Å². The van der Waals surface area contributed by atoms with Crippen LogP contribution in [0.3, 0.4) is 0 Å². The van der Waals surface area contributed by atoms with Crippen LogP contribution in [0.15, 0.2) is 0 Å². The smallest absolute Gasteiger partial charge is 0.252 e. The summed E-state index contributed by atoms with van der Waals surface area (Å²) in [4.78, 5) is 21.9. The molecule has 2 amide bonds. The number of primary amides is 1. The van der Waals surface area contributed by atoms with Gasteiger partial charge in [0.25, 0.3) is 5.91 Å². The van der Waals surface area contributed by atoms with E-state index in [2.05, 4.69) is 12.2 Å². The number of rotatable bonds is 7. The Morgan fingerprint density at radius 2 is 2.00 bits per heavy atom. The molecule has 1 aliphatic rings. The number of epoxide rings is 1. The summed E-state index contributed by atoms with van der Waals surface area (Å²) in [6.07, 6.45) is 3.08. The zero-order valence-electron chi connectivity index (χ0n) is 8.99. The molecule has 0 aromatic carbocycles. The van der Waals surface area contributed by atoms with E-state index in [9.17, 15) is 9.59 Å². The van der Waals surface area contributed by atoms with Crippen molar-refractivity contribution in [3.63, 3.8) is 0 Å². The average molecular weight is 214 g/mol. The summed E-state index contributed by atoms with van der Waals surface area (Å²) < 4.78 is 4.83. The fourth-order valence-electron chi connectivity index (χ4n) is 1.39. The lowest BCUT2D eigenvalue weighted by Crippen LogP contribution is -2.32. The molecule has 0 aromatic rings. The first-order valence-corrected chi connectivity index (χ1v) is 5.39. The number of hydrogen-bond donors (Lipinski definition) is 2. The summed E-state index contributed by atoms with van der Waals surface area (Å²) in [5, 5.41) is 2.72. The Hall–Kier alpha value is -1.10. The maximum Gasteiger partial charge on any atom is 0.252 e. The Kier molecular flexibility index (Phi) is 4.55. The van der Waals surface area contributed by atoms with E-state index in [1.807, 2.05) is 0 Å². The summed E-state index contributed by atoms with van der Waals surface area (Å²) in [5.74, 6) is -0.795. The highest BCUT2D eigenvalue weighted by molar-refractivity contribution is 5.94. The van der Waals surface area contributed by atoms with E-state index < -0.39 is 18.1 Å². The fraction of sp³-hybridized carbons (Fsp3) is 0.800. The van der Waals surface area contributed by atoms with Gasteiger partial charge in [0.15, 0.2) is 12.2 Å². The molecule has 5 nitrogen and oxygen atoms in total. The van der Waals surface area contributed by atoms with Crippen molar-refractivity contribution < 1.29 is 14.3 Å². The molecule has 1 saturated heterocycles. The summed E-state index contributed by atoms with van der Waals surface area (Å²) >= 11 is 0. The Morgan fingerprint density at radius 1 is 1.27 bits per heavy atom. The van der Waals surface area contributed by atoms with Crippen LogP contribution in [0.4, 0.5) is 0 Å². The lowest BCUT2D eigenvalue weighted by atomic mass is 10.2. The van der Waals surface area contributed by atoms with Crippen LogP contribution in [-0.2, 0) is 14.3 Å². The van der Waals surface area contributed by atoms with Crippen molar-refractivity contribution in [1.82, 2.24) is 5.32 Å². The van der Waals surface area contributed by atoms with E-state index in [0.717, 1.165) is 12.8 Å². The van der Waals surface area contributed by atoms with Gasteiger partial charge in [0.1, 0.15) is 0 Å². The monoisotopic (exact) mass is 214 g/mol. The van der Waals surface area contributed by atoms with Crippen molar-refractivity contribution in [3.05, 3.63) is 0 Å². The quantitative estimate of drug-likeness (QED) is 0.460. The van der Waals surface area contributed by atoms with E-state index in [1.165, 1.54) is 12.8 Å². The molecule has 2 atom stereocenters. The van der Waals surface area contributed by atoms with Crippen LogP contribution in [0.25, 0.3) is 0 Å². The third-order valence-corrected chi connectivity index (χ3v) is 2.36. The van der Waals surface area contributed by atoms with Crippen LogP contribution in [0.5, 0.6) is 0 Å². The normalized spacial score (nSPS) is 23.5. The number of amides is 2. The number of carbonyl (C=O) groups is 2. The number of carbonyl (C=O) groups excluding carboxylic acids is 2. The van der Waals surface area contributed by atoms with Crippen LogP contribution in [0.2, 0.25) is 0 Å². The number of nitrogens with one attached hydrogen (secondary N) is 1. The zero-order chi connectivity index (χ0) is 11.3. The molecule has 1 heterocycles. The second-order valence-corrected chi connectivity index (χ2v) is 3.73. The van der Waals surface area contributed by atoms with E-state index in [0.29, 0.717) is 6.54 Å². The van der Waals surface area contributed by atoms with Crippen LogP contribution in [-0.4, -0.2) is 30.6 Å². The summed E-state index contributed by atoms with van der Waals surface area (Å²) in [5.41, 5.74) is 4.98. The van der Waals surface area contributed by atoms with Crippen LogP contribution in [0, 0.1) is 0 Å². The molecule has 0 saturated carbocycles. The third kappa shape index (κ3) is 3.87. The molecule has 3 N–H and O–H groups in total. The first kappa shape index (κ1) is 12.0. The molecule has 0 aliphatic carbocycles. The van der Waals surface area contributed by atoms with Gasteiger partial charge in [-0.2, -0.15) is 0 Å². The SMILES string of the molecule is CCCCCCNC(=O)C1OC1C(N)=O. The topological polar surface area (TPSA) is 84.7 Å². The molecule has 1 rings (SSSR count). The van der Waals surface area contributed by atoms with Crippen molar-refractivity contribution in [3.8, 4) is 0 Å². The summed E-state index contributed by atoms with van der Waals surface area (Å²) in [6, 6.07) is 0. The van der Waals surface area contributed by atoms with Gasteiger partial charge in [-0.05, 0) is 6.42 Å². The Balaban J connectivity index is 2.03. The van der Waals surface area contributed by atoms with Crippen molar-refractivity contribution in [2.75, 3.05) is 6.54 Å². The van der Waals surface area contributed by atoms with E-state index in [4.69, 9.17) is 10.5 Å². The number of hydrogen-bond acceptors (Lipinski definition) is 3. The molecular formula is C10H18N2O3. The molecule has 0 aromatic heterocycles. The van der Waals surface area contributed by atoms with E-state index in [1.54, 1.807) is 0 Å². The maximum absolute atomic E-state index is 11.3. The Bertz CT molecular complexity index is 243. The minimum absolute atomic E-state index is 0.227. The summed E-state index contributed by atoms with van der Waals surface area (Å²) in [6.45, 7) is 2.78. The molecular weight excluding hydrogens is 196 g/mol. The number of nitrogens with two attached hydrogens (primary N) is 1. The predicted molar refractivity (Wildman–Crippen MR) is 55.0 cm³/mol. The molecule has 86 valence electrons. The van der Waals surface area contributed by atoms with Crippen molar-refractivity contribution in [2.24, 2.45) is 5.73 Å². The van der Waals surface area contributed by atoms with Gasteiger partial charge in [-0.25, -0.2) is 0 Å². The second-order valence-electron chi connectivity index (χ2n) is 3.73. The van der Waals surface area contributed by atoms with Gasteiger partial charge in [-0.3, -0.25) is 9.59 Å². The third-order valence-electron chi connectivity index (χ3n) is 2.36. The molecule has 5 heteroatoms. The lowest BCUT2D eigenvalue weighted by Gasteiger charge is -2.01. The highest BCUT2D eigenvalue weighted by atomic mass is 16.6. The number of unbranched alkanes of at least 4 members (excludes halogenated alkanes) is 3. The maximum atomic E-state index is 11.3. The van der Waals surface area contributed by atoms with Gasteiger partial charge < -0.3 is 15.8 Å². The van der Waals surface area contributed by atoms with E-state index >= 15 is 0 Å². The minimum atomic E-state index is -0.708.